The van der Waals surface area contributed by atoms with Crippen LogP contribution in [-0.2, 0) is 0 Å². The topological polar surface area (TPSA) is 73.0 Å². The van der Waals surface area contributed by atoms with Crippen molar-refractivity contribution >= 4 is 22.7 Å². The van der Waals surface area contributed by atoms with E-state index in [1.54, 1.807) is 62.9 Å². The second-order valence-electron chi connectivity index (χ2n) is 6.58. The Morgan fingerprint density at radius 2 is 1.53 bits per heavy atom. The molecule has 150 valence electrons. The molecule has 0 aliphatic carbocycles. The largest absolute Gasteiger partial charge is 0.497 e. The summed E-state index contributed by atoms with van der Waals surface area (Å²) in [5, 5.41) is 12.0. The number of hydrogen-bond donors (Lipinski definition) is 1. The van der Waals surface area contributed by atoms with Gasteiger partial charge in [0.15, 0.2) is 0 Å². The molecule has 0 spiro atoms. The van der Waals surface area contributed by atoms with Crippen molar-refractivity contribution in [1.29, 1.82) is 0 Å². The predicted molar refractivity (Wildman–Crippen MR) is 118 cm³/mol. The van der Waals surface area contributed by atoms with Gasteiger partial charge in [0.2, 0.25) is 5.88 Å². The van der Waals surface area contributed by atoms with Crippen molar-refractivity contribution in [3.8, 4) is 23.1 Å². The molecule has 6 heteroatoms. The van der Waals surface area contributed by atoms with Crippen LogP contribution in [0.5, 0.6) is 17.4 Å². The van der Waals surface area contributed by atoms with Crippen molar-refractivity contribution in [2.75, 3.05) is 14.2 Å². The molecule has 3 aromatic carbocycles. The van der Waals surface area contributed by atoms with Crippen LogP contribution < -0.4 is 15.0 Å². The van der Waals surface area contributed by atoms with Gasteiger partial charge in [0.25, 0.3) is 5.56 Å². The Labute approximate surface area is 173 Å². The summed E-state index contributed by atoms with van der Waals surface area (Å²) in [5.74, 6) is 1.11. The molecular weight excluding hydrogens is 380 g/mol. The highest BCUT2D eigenvalue weighted by Crippen LogP contribution is 2.29. The van der Waals surface area contributed by atoms with E-state index < -0.39 is 0 Å². The predicted octanol–water partition coefficient (Wildman–Crippen LogP) is 4.46. The van der Waals surface area contributed by atoms with E-state index in [0.717, 1.165) is 5.75 Å². The summed E-state index contributed by atoms with van der Waals surface area (Å²) in [6.07, 6.45) is 1.56. The van der Waals surface area contributed by atoms with Gasteiger partial charge in [-0.3, -0.25) is 9.79 Å². The summed E-state index contributed by atoms with van der Waals surface area (Å²) >= 11 is 0. The van der Waals surface area contributed by atoms with Crippen LogP contribution >= 0.6 is 0 Å². The van der Waals surface area contributed by atoms with Crippen molar-refractivity contribution in [2.24, 2.45) is 4.99 Å². The van der Waals surface area contributed by atoms with E-state index in [0.29, 0.717) is 33.5 Å². The Morgan fingerprint density at radius 3 is 2.20 bits per heavy atom. The van der Waals surface area contributed by atoms with E-state index in [4.69, 9.17) is 9.47 Å². The third-order valence-electron chi connectivity index (χ3n) is 4.83. The van der Waals surface area contributed by atoms with E-state index in [-0.39, 0.29) is 11.4 Å². The number of para-hydroxylation sites is 1. The standard InChI is InChI=1S/C24H20N2O4/c1-29-18-10-8-16(9-11-18)25-15-22-20-13-12-19(30-2)14-21(20)23(27)26(24(22)28)17-6-4-3-5-7-17/h3-15,28H,1-2H3. The maximum absolute atomic E-state index is 13.2. The van der Waals surface area contributed by atoms with Gasteiger partial charge in [-0.15, -0.1) is 0 Å². The van der Waals surface area contributed by atoms with Gasteiger partial charge in [0, 0.05) is 11.6 Å². The summed E-state index contributed by atoms with van der Waals surface area (Å²) in [7, 11) is 3.15. The Kier molecular flexibility index (Phi) is 5.22. The zero-order valence-corrected chi connectivity index (χ0v) is 16.6. The Morgan fingerprint density at radius 1 is 0.867 bits per heavy atom. The molecule has 0 fully saturated rings. The molecule has 30 heavy (non-hydrogen) atoms. The fraction of sp³-hybridized carbons (Fsp3) is 0.0833. The first kappa shape index (κ1) is 19.3. The fourth-order valence-corrected chi connectivity index (χ4v) is 3.27. The highest BCUT2D eigenvalue weighted by Gasteiger charge is 2.17. The van der Waals surface area contributed by atoms with Crippen molar-refractivity contribution in [2.45, 2.75) is 0 Å². The quantitative estimate of drug-likeness (QED) is 0.502. The van der Waals surface area contributed by atoms with Crippen LogP contribution in [-0.4, -0.2) is 30.1 Å². The molecule has 4 aromatic rings. The number of aromatic nitrogens is 1. The van der Waals surface area contributed by atoms with Crippen LogP contribution in [0.15, 0.2) is 82.6 Å². The number of nitrogens with zero attached hydrogens (tertiary/aromatic N) is 2. The third-order valence-corrected chi connectivity index (χ3v) is 4.83. The first-order valence-electron chi connectivity index (χ1n) is 9.31. The number of hydrogen-bond acceptors (Lipinski definition) is 5. The molecule has 0 amide bonds. The van der Waals surface area contributed by atoms with E-state index in [9.17, 15) is 9.90 Å². The zero-order chi connectivity index (χ0) is 21.1. The summed E-state index contributed by atoms with van der Waals surface area (Å²) < 4.78 is 11.7. The SMILES string of the molecule is COc1ccc(N=Cc2c(O)n(-c3ccccc3)c(=O)c3cc(OC)ccc23)cc1. The lowest BCUT2D eigenvalue weighted by atomic mass is 10.1. The number of fused-ring (bicyclic) bond motifs is 1. The number of aliphatic imine (C=N–C) groups is 1. The van der Waals surface area contributed by atoms with Crippen molar-refractivity contribution in [3.63, 3.8) is 0 Å². The van der Waals surface area contributed by atoms with Crippen molar-refractivity contribution < 1.29 is 14.6 Å². The van der Waals surface area contributed by atoms with Crippen LogP contribution in [0.4, 0.5) is 5.69 Å². The van der Waals surface area contributed by atoms with E-state index in [1.807, 2.05) is 30.3 Å². The molecule has 0 aliphatic rings. The molecule has 1 heterocycles. The normalized spacial score (nSPS) is 11.1. The smallest absolute Gasteiger partial charge is 0.265 e. The molecule has 1 N–H and O–H groups in total. The van der Waals surface area contributed by atoms with E-state index >= 15 is 0 Å². The maximum Gasteiger partial charge on any atom is 0.265 e. The lowest BCUT2D eigenvalue weighted by Crippen LogP contribution is -2.20. The molecule has 0 bridgehead atoms. The first-order chi connectivity index (χ1) is 14.6. The first-order valence-corrected chi connectivity index (χ1v) is 9.31. The average Bonchev–Trinajstić information content (AvgIpc) is 2.80. The zero-order valence-electron chi connectivity index (χ0n) is 16.6. The summed E-state index contributed by atoms with van der Waals surface area (Å²) in [6.45, 7) is 0. The Hall–Kier alpha value is -4.06. The minimum Gasteiger partial charge on any atom is -0.497 e. The monoisotopic (exact) mass is 400 g/mol. The number of methoxy groups -OCH3 is 2. The Balaban J connectivity index is 1.95. The summed E-state index contributed by atoms with van der Waals surface area (Å²) in [6, 6.07) is 21.4. The molecule has 1 aromatic heterocycles. The lowest BCUT2D eigenvalue weighted by Gasteiger charge is -2.14. The third kappa shape index (κ3) is 3.51. The van der Waals surface area contributed by atoms with Crippen LogP contribution in [0, 0.1) is 0 Å². The molecule has 0 atom stereocenters. The van der Waals surface area contributed by atoms with Crippen LogP contribution in [0.25, 0.3) is 16.5 Å². The maximum atomic E-state index is 13.2. The van der Waals surface area contributed by atoms with Crippen molar-refractivity contribution in [1.82, 2.24) is 4.57 Å². The summed E-state index contributed by atoms with van der Waals surface area (Å²) in [5.41, 5.74) is 1.35. The highest BCUT2D eigenvalue weighted by molar-refractivity contribution is 6.02. The number of benzene rings is 3. The van der Waals surface area contributed by atoms with E-state index in [2.05, 4.69) is 4.99 Å². The van der Waals surface area contributed by atoms with Crippen LogP contribution in [0.1, 0.15) is 5.56 Å². The molecule has 0 saturated carbocycles. The highest BCUT2D eigenvalue weighted by atomic mass is 16.5. The number of pyridine rings is 1. The van der Waals surface area contributed by atoms with Crippen molar-refractivity contribution in [3.05, 3.63) is 88.7 Å². The van der Waals surface area contributed by atoms with Gasteiger partial charge in [0.05, 0.1) is 36.5 Å². The van der Waals surface area contributed by atoms with Gasteiger partial charge < -0.3 is 14.6 Å². The van der Waals surface area contributed by atoms with Crippen LogP contribution in [0.2, 0.25) is 0 Å². The van der Waals surface area contributed by atoms with Gasteiger partial charge in [-0.1, -0.05) is 18.2 Å². The molecule has 4 rings (SSSR count). The number of aromatic hydroxyl groups is 1. The second-order valence-corrected chi connectivity index (χ2v) is 6.58. The minimum absolute atomic E-state index is 0.180. The van der Waals surface area contributed by atoms with Gasteiger partial charge in [-0.2, -0.15) is 0 Å². The molecule has 0 unspecified atom stereocenters. The molecule has 0 saturated heterocycles. The molecule has 0 aliphatic heterocycles. The summed E-state index contributed by atoms with van der Waals surface area (Å²) in [4.78, 5) is 17.7. The molecule has 6 nitrogen and oxygen atoms in total. The van der Waals surface area contributed by atoms with Gasteiger partial charge in [-0.05, 0) is 54.6 Å². The fourth-order valence-electron chi connectivity index (χ4n) is 3.27. The molecular formula is C24H20N2O4. The average molecular weight is 400 g/mol. The van der Waals surface area contributed by atoms with Gasteiger partial charge in [0.1, 0.15) is 11.5 Å². The number of ether oxygens (including phenoxy) is 2. The lowest BCUT2D eigenvalue weighted by molar-refractivity contribution is 0.415. The van der Waals surface area contributed by atoms with Gasteiger partial charge in [-0.25, -0.2) is 4.57 Å². The van der Waals surface area contributed by atoms with Crippen LogP contribution in [0.3, 0.4) is 0 Å². The second kappa shape index (κ2) is 8.13. The number of rotatable bonds is 5. The van der Waals surface area contributed by atoms with E-state index in [1.165, 1.54) is 4.57 Å². The minimum atomic E-state index is -0.339. The molecule has 0 radical (unpaired) electrons. The van der Waals surface area contributed by atoms with Gasteiger partial charge >= 0.3 is 0 Å². The Bertz CT molecular complexity index is 1280.